The van der Waals surface area contributed by atoms with E-state index < -0.39 is 0 Å². The summed E-state index contributed by atoms with van der Waals surface area (Å²) in [5.41, 5.74) is 10.2. The van der Waals surface area contributed by atoms with E-state index in [1.165, 1.54) is 0 Å². The molecule has 0 unspecified atom stereocenters. The molecule has 0 atom stereocenters. The van der Waals surface area contributed by atoms with Crippen molar-refractivity contribution in [3.05, 3.63) is 126 Å². The smallest absolute Gasteiger partial charge is 0.161 e. The third-order valence-electron chi connectivity index (χ3n) is 5.12. The van der Waals surface area contributed by atoms with Crippen molar-refractivity contribution in [3.63, 3.8) is 0 Å². The van der Waals surface area contributed by atoms with E-state index in [9.17, 15) is 0 Å². The van der Waals surface area contributed by atoms with Crippen molar-refractivity contribution in [1.82, 2.24) is 4.98 Å². The van der Waals surface area contributed by atoms with Crippen molar-refractivity contribution in [2.75, 3.05) is 6.54 Å². The fraction of sp³-hybridized carbons (Fsp3) is 0.143. The maximum absolute atomic E-state index is 6.16. The van der Waals surface area contributed by atoms with Gasteiger partial charge in [0, 0.05) is 24.5 Å². The van der Waals surface area contributed by atoms with Gasteiger partial charge >= 0.3 is 0 Å². The normalized spacial score (nSPS) is 11.2. The summed E-state index contributed by atoms with van der Waals surface area (Å²) in [5, 5.41) is 0. The Morgan fingerprint density at radius 2 is 1.39 bits per heavy atom. The molecule has 1 aromatic heterocycles. The number of nitrogens with two attached hydrogens (primary N) is 1. The number of amidine groups is 1. The van der Waals surface area contributed by atoms with E-state index in [2.05, 4.69) is 9.98 Å². The molecule has 0 aliphatic rings. The number of rotatable bonds is 10. The van der Waals surface area contributed by atoms with E-state index in [0.29, 0.717) is 25.6 Å². The van der Waals surface area contributed by atoms with Crippen LogP contribution in [0.2, 0.25) is 0 Å². The number of hydrogen-bond donors (Lipinski definition) is 1. The highest BCUT2D eigenvalue weighted by atomic mass is 16.5. The molecule has 33 heavy (non-hydrogen) atoms. The first-order valence-electron chi connectivity index (χ1n) is 10.9. The Balaban J connectivity index is 1.45. The van der Waals surface area contributed by atoms with Gasteiger partial charge in [-0.05, 0) is 47.4 Å². The average molecular weight is 438 g/mol. The molecule has 0 aliphatic heterocycles. The highest BCUT2D eigenvalue weighted by Gasteiger charge is 2.09. The zero-order valence-electron chi connectivity index (χ0n) is 18.4. The molecule has 0 fully saturated rings. The van der Waals surface area contributed by atoms with Crippen LogP contribution in [0, 0.1) is 0 Å². The molecule has 1 heterocycles. The second-order valence-electron chi connectivity index (χ2n) is 7.59. The topological polar surface area (TPSA) is 69.7 Å². The third kappa shape index (κ3) is 6.68. The van der Waals surface area contributed by atoms with E-state index in [0.717, 1.165) is 40.2 Å². The SMILES string of the molecule is NC(=NCCc1ccc(OCc2ccccc2)c(OCc2ccccc2)c1)c1cccnc1. The van der Waals surface area contributed by atoms with Gasteiger partial charge in [-0.15, -0.1) is 0 Å². The van der Waals surface area contributed by atoms with Crippen molar-refractivity contribution in [1.29, 1.82) is 0 Å². The van der Waals surface area contributed by atoms with Crippen LogP contribution < -0.4 is 15.2 Å². The Morgan fingerprint density at radius 1 is 0.727 bits per heavy atom. The Bertz CT molecular complexity index is 1160. The lowest BCUT2D eigenvalue weighted by Crippen LogP contribution is -2.14. The highest BCUT2D eigenvalue weighted by molar-refractivity contribution is 5.97. The molecule has 2 N–H and O–H groups in total. The van der Waals surface area contributed by atoms with Crippen molar-refractivity contribution in [3.8, 4) is 11.5 Å². The van der Waals surface area contributed by atoms with Crippen LogP contribution in [-0.4, -0.2) is 17.4 Å². The maximum atomic E-state index is 6.16. The van der Waals surface area contributed by atoms with Gasteiger partial charge in [0.2, 0.25) is 0 Å². The van der Waals surface area contributed by atoms with Gasteiger partial charge in [-0.25, -0.2) is 0 Å². The standard InChI is InChI=1S/C28H27N3O2/c29-28(25-12-7-16-30-19-25)31-17-15-22-13-14-26(32-20-23-8-3-1-4-9-23)27(18-22)33-21-24-10-5-2-6-11-24/h1-14,16,18-19H,15,17,20-21H2,(H2,29,31). The van der Waals surface area contributed by atoms with Crippen LogP contribution in [0.15, 0.2) is 108 Å². The first-order valence-corrected chi connectivity index (χ1v) is 10.9. The lowest BCUT2D eigenvalue weighted by molar-refractivity contribution is 0.255. The number of hydrogen-bond acceptors (Lipinski definition) is 4. The largest absolute Gasteiger partial charge is 0.485 e. The van der Waals surface area contributed by atoms with Gasteiger partial charge in [0.15, 0.2) is 11.5 Å². The summed E-state index contributed by atoms with van der Waals surface area (Å²) in [7, 11) is 0. The van der Waals surface area contributed by atoms with Gasteiger partial charge in [-0.2, -0.15) is 0 Å². The minimum absolute atomic E-state index is 0.470. The first kappa shape index (κ1) is 22.1. The number of nitrogens with zero attached hydrogens (tertiary/aromatic N) is 2. The van der Waals surface area contributed by atoms with Gasteiger partial charge in [0.25, 0.3) is 0 Å². The van der Waals surface area contributed by atoms with Crippen LogP contribution in [0.1, 0.15) is 22.3 Å². The van der Waals surface area contributed by atoms with Crippen LogP contribution in [0.5, 0.6) is 11.5 Å². The van der Waals surface area contributed by atoms with E-state index in [4.69, 9.17) is 15.2 Å². The van der Waals surface area contributed by atoms with Gasteiger partial charge in [0.05, 0.1) is 0 Å². The van der Waals surface area contributed by atoms with Crippen LogP contribution in [0.4, 0.5) is 0 Å². The summed E-state index contributed by atoms with van der Waals surface area (Å²) in [6.45, 7) is 1.52. The van der Waals surface area contributed by atoms with E-state index in [1.807, 2.05) is 91.0 Å². The van der Waals surface area contributed by atoms with Crippen molar-refractivity contribution in [2.45, 2.75) is 19.6 Å². The molecule has 0 amide bonds. The predicted octanol–water partition coefficient (Wildman–Crippen LogP) is 5.19. The summed E-state index contributed by atoms with van der Waals surface area (Å²) in [5.74, 6) is 1.93. The number of ether oxygens (including phenoxy) is 2. The molecule has 0 radical (unpaired) electrons. The zero-order valence-corrected chi connectivity index (χ0v) is 18.4. The van der Waals surface area contributed by atoms with Crippen molar-refractivity contribution >= 4 is 5.84 Å². The number of benzene rings is 3. The molecular formula is C28H27N3O2. The van der Waals surface area contributed by atoms with Gasteiger partial charge in [-0.3, -0.25) is 9.98 Å². The Labute approximate surface area is 194 Å². The molecule has 0 spiro atoms. The monoisotopic (exact) mass is 437 g/mol. The summed E-state index contributed by atoms with van der Waals surface area (Å²) in [6, 6.07) is 30.0. The fourth-order valence-electron chi connectivity index (χ4n) is 3.32. The highest BCUT2D eigenvalue weighted by Crippen LogP contribution is 2.30. The van der Waals surface area contributed by atoms with E-state index in [-0.39, 0.29) is 0 Å². The third-order valence-corrected chi connectivity index (χ3v) is 5.12. The van der Waals surface area contributed by atoms with Crippen molar-refractivity contribution < 1.29 is 9.47 Å². The Hall–Kier alpha value is -4.12. The summed E-state index contributed by atoms with van der Waals surface area (Å²) in [4.78, 5) is 8.58. The van der Waals surface area contributed by atoms with Gasteiger partial charge in [-0.1, -0.05) is 66.7 Å². The maximum Gasteiger partial charge on any atom is 0.161 e. The minimum Gasteiger partial charge on any atom is -0.485 e. The van der Waals surface area contributed by atoms with Crippen LogP contribution in [-0.2, 0) is 19.6 Å². The summed E-state index contributed by atoms with van der Waals surface area (Å²) >= 11 is 0. The number of pyridine rings is 1. The summed E-state index contributed by atoms with van der Waals surface area (Å²) < 4.78 is 12.2. The first-order chi connectivity index (χ1) is 16.3. The molecular weight excluding hydrogens is 410 g/mol. The molecule has 3 aromatic carbocycles. The zero-order chi connectivity index (χ0) is 22.7. The second-order valence-corrected chi connectivity index (χ2v) is 7.59. The summed E-state index contributed by atoms with van der Waals surface area (Å²) in [6.07, 6.45) is 4.17. The number of aromatic nitrogens is 1. The number of aliphatic imine (C=N–C) groups is 1. The molecule has 0 saturated heterocycles. The van der Waals surface area contributed by atoms with E-state index >= 15 is 0 Å². The fourth-order valence-corrected chi connectivity index (χ4v) is 3.32. The predicted molar refractivity (Wildman–Crippen MR) is 132 cm³/mol. The molecule has 0 saturated carbocycles. The molecule has 5 nitrogen and oxygen atoms in total. The van der Waals surface area contributed by atoms with Crippen molar-refractivity contribution in [2.24, 2.45) is 10.7 Å². The minimum atomic E-state index is 0.470. The molecule has 0 bridgehead atoms. The lowest BCUT2D eigenvalue weighted by atomic mass is 10.1. The molecule has 0 aliphatic carbocycles. The quantitative estimate of drug-likeness (QED) is 0.274. The van der Waals surface area contributed by atoms with E-state index in [1.54, 1.807) is 12.4 Å². The average Bonchev–Trinajstić information content (AvgIpc) is 2.88. The molecule has 4 aromatic rings. The Morgan fingerprint density at radius 3 is 2.03 bits per heavy atom. The van der Waals surface area contributed by atoms with Gasteiger partial charge in [0.1, 0.15) is 19.0 Å². The Kier molecular flexibility index (Phi) is 7.69. The molecule has 166 valence electrons. The molecule has 4 rings (SSSR count). The van der Waals surface area contributed by atoms with Gasteiger partial charge < -0.3 is 15.2 Å². The van der Waals surface area contributed by atoms with Crippen LogP contribution in [0.25, 0.3) is 0 Å². The molecule has 5 heteroatoms. The van der Waals surface area contributed by atoms with Crippen LogP contribution >= 0.6 is 0 Å². The second kappa shape index (κ2) is 11.5. The van der Waals surface area contributed by atoms with Crippen LogP contribution in [0.3, 0.4) is 0 Å². The lowest BCUT2D eigenvalue weighted by Gasteiger charge is -2.14.